The summed E-state index contributed by atoms with van der Waals surface area (Å²) in [6.45, 7) is 58.7. The molecule has 12 heteroatoms. The predicted octanol–water partition coefficient (Wildman–Crippen LogP) is 11.0. The van der Waals surface area contributed by atoms with Gasteiger partial charge in [0.15, 0.2) is 0 Å². The summed E-state index contributed by atoms with van der Waals surface area (Å²) in [6, 6.07) is 5.25. The first-order valence-electron chi connectivity index (χ1n) is 34.5. The van der Waals surface area contributed by atoms with Gasteiger partial charge in [-0.15, -0.1) is 0 Å². The van der Waals surface area contributed by atoms with Gasteiger partial charge >= 0.3 is 0 Å². The van der Waals surface area contributed by atoms with Crippen molar-refractivity contribution in [3.05, 3.63) is 0 Å². The molecular formula is C70H138N10OS. The fraction of sp³-hybridized carbons (Fsp3) is 0.986. The lowest BCUT2D eigenvalue weighted by molar-refractivity contribution is -0.115. The highest BCUT2D eigenvalue weighted by molar-refractivity contribution is 8.01. The molecule has 0 aromatic carbocycles. The third-order valence-electron chi connectivity index (χ3n) is 23.7. The Hall–Kier alpha value is -0.380. The fourth-order valence-corrected chi connectivity index (χ4v) is 20.2. The van der Waals surface area contributed by atoms with Crippen LogP contribution in [0.3, 0.4) is 0 Å². The van der Waals surface area contributed by atoms with E-state index in [0.29, 0.717) is 16.9 Å². The second kappa shape index (κ2) is 27.8. The second-order valence-corrected chi connectivity index (χ2v) is 36.3. The molecule has 0 amide bonds. The molecule has 0 aromatic heterocycles. The smallest absolute Gasteiger partial charge is 0.0249 e. The van der Waals surface area contributed by atoms with E-state index in [9.17, 15) is 4.21 Å². The Morgan fingerprint density at radius 3 is 0.768 bits per heavy atom. The first-order chi connectivity index (χ1) is 37.9. The Morgan fingerprint density at radius 1 is 0.280 bits per heavy atom. The predicted molar refractivity (Wildman–Crippen MR) is 357 cm³/mol. The van der Waals surface area contributed by atoms with Gasteiger partial charge in [0.05, 0.1) is 0 Å². The van der Waals surface area contributed by atoms with Crippen LogP contribution in [0.4, 0.5) is 0 Å². The zero-order chi connectivity index (χ0) is 59.0. The van der Waals surface area contributed by atoms with Gasteiger partial charge in [-0.25, -0.2) is 0 Å². The molecule has 11 heterocycles. The van der Waals surface area contributed by atoms with Crippen molar-refractivity contribution in [2.24, 2.45) is 37.9 Å². The molecular weight excluding hydrogens is 1030 g/mol. The lowest BCUT2D eigenvalue weighted by atomic mass is 9.63. The van der Waals surface area contributed by atoms with Crippen LogP contribution in [0.25, 0.3) is 0 Å². The summed E-state index contributed by atoms with van der Waals surface area (Å²) in [6.07, 6.45) is 22.3. The maximum absolute atomic E-state index is 11.4. The number of rotatable bonds is 7. The number of hydrogen-bond donors (Lipinski definition) is 0. The highest BCUT2D eigenvalue weighted by Crippen LogP contribution is 2.50. The Kier molecular flexibility index (Phi) is 23.4. The van der Waals surface area contributed by atoms with E-state index in [2.05, 4.69) is 173 Å². The van der Waals surface area contributed by atoms with E-state index in [1.165, 1.54) is 214 Å². The maximum Gasteiger partial charge on any atom is 0.0249 e. The van der Waals surface area contributed by atoms with Gasteiger partial charge in [-0.2, -0.15) is 0 Å². The van der Waals surface area contributed by atoms with E-state index in [0.717, 1.165) is 87.9 Å². The van der Waals surface area contributed by atoms with Gasteiger partial charge in [0, 0.05) is 181 Å². The zero-order valence-electron chi connectivity index (χ0n) is 56.7. The van der Waals surface area contributed by atoms with E-state index in [-0.39, 0.29) is 7.43 Å². The van der Waals surface area contributed by atoms with Gasteiger partial charge in [-0.3, -0.25) is 38.5 Å². The van der Waals surface area contributed by atoms with Crippen LogP contribution >= 0.6 is 0 Å². The molecule has 3 aliphatic carbocycles. The molecule has 82 heavy (non-hydrogen) atoms. The molecule has 0 radical (unpaired) electrons. The minimum absolute atomic E-state index is 0. The van der Waals surface area contributed by atoms with Gasteiger partial charge in [-0.05, 0) is 233 Å². The van der Waals surface area contributed by atoms with E-state index in [1.54, 1.807) is 0 Å². The van der Waals surface area contributed by atoms with Crippen LogP contribution in [-0.4, -0.2) is 265 Å². The molecule has 7 spiro atoms. The minimum atomic E-state index is -1.63. The first kappa shape index (κ1) is 69.1. The number of piperidine rings is 1. The normalized spacial score (nSPS) is 29.8. The maximum atomic E-state index is 11.4. The van der Waals surface area contributed by atoms with Gasteiger partial charge in [0.2, 0.25) is 0 Å². The molecule has 0 bridgehead atoms. The summed E-state index contributed by atoms with van der Waals surface area (Å²) >= 11 is 0. The third-order valence-corrected chi connectivity index (χ3v) is 25.9. The van der Waals surface area contributed by atoms with Crippen molar-refractivity contribution in [1.29, 1.82) is 0 Å². The molecule has 11 saturated heterocycles. The average Bonchev–Trinajstić information content (AvgIpc) is 3.95. The molecule has 480 valence electrons. The molecule has 11 aliphatic heterocycles. The van der Waals surface area contributed by atoms with Gasteiger partial charge in [-0.1, -0.05) is 46.0 Å². The van der Waals surface area contributed by atoms with Crippen LogP contribution in [0.5, 0.6) is 0 Å². The topological polar surface area (TPSA) is 49.5 Å². The lowest BCUT2D eigenvalue weighted by Gasteiger charge is -2.60. The van der Waals surface area contributed by atoms with Crippen LogP contribution in [-0.2, 0) is 9.52 Å². The van der Waals surface area contributed by atoms with Gasteiger partial charge < -0.3 is 14.7 Å². The van der Waals surface area contributed by atoms with Gasteiger partial charge in [0.25, 0.3) is 0 Å². The monoisotopic (exact) mass is 1170 g/mol. The van der Waals surface area contributed by atoms with E-state index in [1.807, 2.05) is 0 Å². The molecule has 0 aromatic rings. The molecule has 3 saturated carbocycles. The van der Waals surface area contributed by atoms with Crippen molar-refractivity contribution in [3.8, 4) is 0 Å². The molecule has 0 unspecified atom stereocenters. The van der Waals surface area contributed by atoms with Crippen molar-refractivity contribution >= 4 is 15.4 Å². The van der Waals surface area contributed by atoms with Crippen LogP contribution in [0.15, 0.2) is 0 Å². The Labute approximate surface area is 510 Å². The van der Waals surface area contributed by atoms with Gasteiger partial charge in [0.1, 0.15) is 0 Å². The van der Waals surface area contributed by atoms with Crippen molar-refractivity contribution in [1.82, 2.24) is 49.0 Å². The summed E-state index contributed by atoms with van der Waals surface area (Å²) < 4.78 is 11.4. The standard InChI is InChI=1S/C11H22N2.C11H21N.C10H20N2.C10H19N.C9H18N2.C9H17NOS.C9H17N.CH4/c1-10(2)13-8-11(9-13)4-6-12(3)7-5-11;1-10(2)12-8-11(9-12)6-4-3-5-7-11;1-9(2)12-7-10(8-12)4-5-11(3)6-10;1-9(2)11-7-10(8-11)5-3-4-6-10;1-8(2)11-6-9(7-11)4-10(3)5-9;1-8(2)10-4-9(5-10)6-12(3,11)7-9;1-8(2)10-6-9(7-10)4-3-5-9;/h10H,4-9H2,1-3H3;10H,3-9H2,1-2H3;9H,4-8H2,1-3H3;9H,3-8H2,1-2H3;8H,4-7H2,1-3H3;8H,3-7H2,1-2H3;8H,3-7H2,1-2H3;1H4. The Bertz CT molecular complexity index is 1970. The lowest BCUT2D eigenvalue weighted by Crippen LogP contribution is -2.72. The molecule has 14 aliphatic rings. The van der Waals surface area contributed by atoms with E-state index < -0.39 is 9.52 Å². The zero-order valence-corrected chi connectivity index (χ0v) is 57.5. The SMILES string of the molecule is C.C=S1(=O)CC2(CN(C(C)C)C2)C1.CC(C)N1CC2(CCC2)C1.CC(C)N1CC2(CCCC2)C1.CC(C)N1CC2(CCCCC2)C1.CC(C)N1CC2(CCN(C)C2)C1.CC(C)N1CC2(CCN(C)CC2)C1.CC(C)N1CC2(CN(C)C2)C1. The average molecular weight is 1170 g/mol. The highest BCUT2D eigenvalue weighted by Gasteiger charge is 2.54. The Morgan fingerprint density at radius 2 is 0.512 bits per heavy atom. The number of nitrogens with zero attached hydrogens (tertiary/aromatic N) is 10. The van der Waals surface area contributed by atoms with Crippen molar-refractivity contribution < 1.29 is 4.21 Å². The van der Waals surface area contributed by atoms with Crippen LogP contribution in [0.1, 0.15) is 201 Å². The van der Waals surface area contributed by atoms with Crippen LogP contribution in [0, 0.1) is 37.9 Å². The molecule has 14 rings (SSSR count). The van der Waals surface area contributed by atoms with Crippen molar-refractivity contribution in [3.63, 3.8) is 0 Å². The summed E-state index contributed by atoms with van der Waals surface area (Å²) in [4.78, 5) is 25.3. The fourth-order valence-electron chi connectivity index (χ4n) is 17.7. The number of hydrogen-bond acceptors (Lipinski definition) is 11. The van der Waals surface area contributed by atoms with E-state index in [4.69, 9.17) is 0 Å². The van der Waals surface area contributed by atoms with Crippen molar-refractivity contribution in [2.75, 3.05) is 164 Å². The van der Waals surface area contributed by atoms with E-state index >= 15 is 0 Å². The third kappa shape index (κ3) is 17.1. The number of likely N-dealkylation sites (tertiary alicyclic amines) is 10. The van der Waals surface area contributed by atoms with Crippen LogP contribution < -0.4 is 0 Å². The minimum Gasteiger partial charge on any atom is -0.306 e. The highest BCUT2D eigenvalue weighted by atomic mass is 32.2. The quantitative estimate of drug-likeness (QED) is 0.229. The summed E-state index contributed by atoms with van der Waals surface area (Å²) in [5, 5.41) is 0. The molecule has 14 fully saturated rings. The molecule has 11 nitrogen and oxygen atoms in total. The summed E-state index contributed by atoms with van der Waals surface area (Å²) in [5.41, 5.74) is 4.95. The molecule has 0 atom stereocenters. The molecule has 0 N–H and O–H groups in total. The second-order valence-electron chi connectivity index (χ2n) is 33.8. The van der Waals surface area contributed by atoms with Crippen LogP contribution in [0.2, 0.25) is 0 Å². The largest absolute Gasteiger partial charge is 0.306 e. The summed E-state index contributed by atoms with van der Waals surface area (Å²) in [5.74, 6) is 5.49. The summed E-state index contributed by atoms with van der Waals surface area (Å²) in [7, 11) is 5.07. The van der Waals surface area contributed by atoms with Crippen molar-refractivity contribution in [2.45, 2.75) is 243 Å². The first-order valence-corrected chi connectivity index (χ1v) is 36.6. The Balaban J connectivity index is 0.000000138.